The van der Waals surface area contributed by atoms with Gasteiger partial charge in [-0.15, -0.1) is 0 Å². The molecule has 0 aromatic heterocycles. The van der Waals surface area contributed by atoms with Crippen LogP contribution in [0.2, 0.25) is 19.6 Å². The van der Waals surface area contributed by atoms with Gasteiger partial charge in [0.05, 0.1) is 17.9 Å². The Kier molecular flexibility index (Phi) is 7.28. The maximum absolute atomic E-state index is 14.7. The molecule has 4 nitrogen and oxygen atoms in total. The van der Waals surface area contributed by atoms with E-state index >= 15 is 0 Å². The fraction of sp³-hybridized carbons (Fsp3) is 0.417. The second kappa shape index (κ2) is 9.43. The van der Waals surface area contributed by atoms with Crippen LogP contribution >= 0.6 is 0 Å². The second-order valence-electron chi connectivity index (χ2n) is 9.38. The number of sulfonamides is 1. The number of nitrogens with zero attached hydrogens (tertiary/aromatic N) is 1. The minimum absolute atomic E-state index is 0.0781. The maximum Gasteiger partial charge on any atom is 0.290 e. The van der Waals surface area contributed by atoms with Crippen LogP contribution in [0.5, 0.6) is 0 Å². The quantitative estimate of drug-likeness (QED) is 0.445. The van der Waals surface area contributed by atoms with Gasteiger partial charge in [-0.05, 0) is 49.9 Å². The topological polar surface area (TPSA) is 63.6 Å². The van der Waals surface area contributed by atoms with E-state index in [0.29, 0.717) is 10.8 Å². The third kappa shape index (κ3) is 5.76. The lowest BCUT2D eigenvalue weighted by molar-refractivity contribution is 0.419. The van der Waals surface area contributed by atoms with Gasteiger partial charge in [0, 0.05) is 4.53 Å². The molecule has 0 saturated heterocycles. The highest BCUT2D eigenvalue weighted by atomic mass is 32.3. The molecule has 31 heavy (non-hydrogen) atoms. The number of allylic oxidation sites excluding steroid dienone is 1. The van der Waals surface area contributed by atoms with Crippen molar-refractivity contribution in [3.8, 4) is 0 Å². The van der Waals surface area contributed by atoms with E-state index in [4.69, 9.17) is 0 Å². The highest BCUT2D eigenvalue weighted by Crippen LogP contribution is 2.35. The molecule has 168 valence electrons. The summed E-state index contributed by atoms with van der Waals surface area (Å²) in [6.45, 7) is 8.27. The first-order valence-electron chi connectivity index (χ1n) is 10.9. The Balaban J connectivity index is 2.28. The van der Waals surface area contributed by atoms with Gasteiger partial charge in [-0.1, -0.05) is 84.6 Å². The van der Waals surface area contributed by atoms with Gasteiger partial charge in [0.2, 0.25) is 0 Å². The predicted octanol–water partition coefficient (Wildman–Crippen LogP) is 6.55. The molecule has 2 aromatic rings. The summed E-state index contributed by atoms with van der Waals surface area (Å²) in [5.74, 6) is 0.331. The van der Waals surface area contributed by atoms with Crippen LogP contribution < -0.4 is 0 Å². The van der Waals surface area contributed by atoms with Gasteiger partial charge in [-0.2, -0.15) is 8.42 Å². The van der Waals surface area contributed by atoms with Crippen LogP contribution in [0.15, 0.2) is 78.8 Å². The molecule has 7 heteroatoms. The number of benzene rings is 2. The highest BCUT2D eigenvalue weighted by Gasteiger charge is 2.34. The van der Waals surface area contributed by atoms with Crippen molar-refractivity contribution in [2.24, 2.45) is 9.69 Å². The number of aryl methyl sites for hydroxylation is 1. The van der Waals surface area contributed by atoms with Crippen molar-refractivity contribution < 1.29 is 12.6 Å². The Morgan fingerprint density at radius 2 is 1.45 bits per heavy atom. The number of hydrogen-bond acceptors (Lipinski definition) is 3. The lowest BCUT2D eigenvalue weighted by Crippen LogP contribution is -2.31. The first-order valence-corrected chi connectivity index (χ1v) is 17.4. The highest BCUT2D eigenvalue weighted by molar-refractivity contribution is 8.07. The molecule has 1 fully saturated rings. The van der Waals surface area contributed by atoms with Gasteiger partial charge in [0.1, 0.15) is 9.73 Å². The molecule has 0 aliphatic heterocycles. The molecule has 0 bridgehead atoms. The van der Waals surface area contributed by atoms with Crippen LogP contribution in [0.4, 0.5) is 0 Å². The second-order valence-corrected chi connectivity index (χ2v) is 18.8. The van der Waals surface area contributed by atoms with E-state index < -0.39 is 27.8 Å². The molecule has 0 heterocycles. The molecule has 0 radical (unpaired) electrons. The van der Waals surface area contributed by atoms with E-state index in [0.717, 1.165) is 35.8 Å². The Labute approximate surface area is 189 Å². The van der Waals surface area contributed by atoms with Crippen LogP contribution in [0.25, 0.3) is 0 Å². The van der Waals surface area contributed by atoms with E-state index in [-0.39, 0.29) is 4.90 Å². The van der Waals surface area contributed by atoms with Crippen LogP contribution in [0.3, 0.4) is 0 Å². The van der Waals surface area contributed by atoms with Gasteiger partial charge in [0.15, 0.2) is 0 Å². The van der Waals surface area contributed by atoms with Crippen LogP contribution in [0.1, 0.15) is 37.7 Å². The molecule has 3 rings (SSSR count). The average molecular weight is 476 g/mol. The zero-order valence-electron chi connectivity index (χ0n) is 18.9. The molecule has 2 aromatic carbocycles. The van der Waals surface area contributed by atoms with Crippen molar-refractivity contribution in [3.05, 3.63) is 70.8 Å². The fourth-order valence-electron chi connectivity index (χ4n) is 3.98. The summed E-state index contributed by atoms with van der Waals surface area (Å²) in [5.41, 5.74) is 0.961. The van der Waals surface area contributed by atoms with E-state index in [9.17, 15) is 12.6 Å². The normalized spacial score (nSPS) is 18.4. The maximum atomic E-state index is 14.7. The molecule has 0 amide bonds. The van der Waals surface area contributed by atoms with E-state index in [2.05, 4.69) is 29.5 Å². The first kappa shape index (κ1) is 23.9. The average Bonchev–Trinajstić information content (AvgIpc) is 2.72. The molecular weight excluding hydrogens is 442 g/mol. The van der Waals surface area contributed by atoms with Crippen LogP contribution in [-0.2, 0) is 19.8 Å². The van der Waals surface area contributed by atoms with Gasteiger partial charge >= 0.3 is 0 Å². The summed E-state index contributed by atoms with van der Waals surface area (Å²) in [5, 5.41) is 0. The fourth-order valence-corrected chi connectivity index (χ4v) is 12.5. The van der Waals surface area contributed by atoms with Crippen molar-refractivity contribution in [1.82, 2.24) is 0 Å². The summed E-state index contributed by atoms with van der Waals surface area (Å²) < 4.78 is 46.2. The van der Waals surface area contributed by atoms with E-state index in [1.807, 2.05) is 13.0 Å². The minimum Gasteiger partial charge on any atom is -0.239 e. The van der Waals surface area contributed by atoms with E-state index in [1.165, 1.54) is 18.6 Å². The summed E-state index contributed by atoms with van der Waals surface area (Å²) >= 11 is 0. The minimum atomic E-state index is -4.10. The van der Waals surface area contributed by atoms with Gasteiger partial charge in [-0.3, -0.25) is 0 Å². The zero-order valence-corrected chi connectivity index (χ0v) is 21.5. The van der Waals surface area contributed by atoms with Crippen molar-refractivity contribution >= 4 is 27.8 Å². The largest absolute Gasteiger partial charge is 0.290 e. The Morgan fingerprint density at radius 3 is 2.00 bits per heavy atom. The van der Waals surface area contributed by atoms with Crippen LogP contribution in [-0.4, -0.2) is 20.7 Å². The Bertz CT molecular complexity index is 1150. The Hall–Kier alpha value is -1.70. The predicted molar refractivity (Wildman–Crippen MR) is 132 cm³/mol. The third-order valence-corrected chi connectivity index (χ3v) is 14.1. The molecule has 1 atom stereocenters. The number of hydrogen-bond donors (Lipinski definition) is 0. The van der Waals surface area contributed by atoms with E-state index in [1.54, 1.807) is 36.4 Å². The smallest absolute Gasteiger partial charge is 0.239 e. The molecule has 1 saturated carbocycles. The molecule has 0 N–H and O–H groups in total. The van der Waals surface area contributed by atoms with Crippen molar-refractivity contribution in [2.45, 2.75) is 68.5 Å². The lowest BCUT2D eigenvalue weighted by atomic mass is 9.89. The summed E-state index contributed by atoms with van der Waals surface area (Å²) in [7, 11) is -9.59. The van der Waals surface area contributed by atoms with Crippen LogP contribution in [0, 0.1) is 12.8 Å². The van der Waals surface area contributed by atoms with Gasteiger partial charge in [-0.25, -0.2) is 4.21 Å². The lowest BCUT2D eigenvalue weighted by Gasteiger charge is -2.28. The monoisotopic (exact) mass is 475 g/mol. The van der Waals surface area contributed by atoms with Crippen molar-refractivity contribution in [1.29, 1.82) is 0 Å². The van der Waals surface area contributed by atoms with Crippen molar-refractivity contribution in [3.63, 3.8) is 0 Å². The van der Waals surface area contributed by atoms with Gasteiger partial charge < -0.3 is 0 Å². The summed E-state index contributed by atoms with van der Waals surface area (Å²) in [6.07, 6.45) is 7.80. The summed E-state index contributed by atoms with van der Waals surface area (Å²) in [6, 6.07) is 15.5. The molecule has 1 aliphatic rings. The SMILES string of the molecule is Cc1ccc(S(=O)(=O)N=S(=O)(/C(=C/C2CCCCC2)[Si](C)(C)C)c2ccccc2)cc1. The Morgan fingerprint density at radius 1 is 0.871 bits per heavy atom. The third-order valence-electron chi connectivity index (χ3n) is 5.66. The molecule has 0 spiro atoms. The standard InChI is InChI=1S/C24H33NO3S2Si/c1-20-15-17-23(18-16-20)30(27,28)25-29(26,22-13-9-6-10-14-22)24(31(2,3)4)19-21-11-7-5-8-12-21/h6,9-10,13-19,21H,5,7-8,11-12H2,1-4H3/b24-19-. The zero-order chi connectivity index (χ0) is 22.7. The molecule has 1 aliphatic carbocycles. The summed E-state index contributed by atoms with van der Waals surface area (Å²) in [4.78, 5) is 0.546. The molecular formula is C24H33NO3S2Si. The van der Waals surface area contributed by atoms with Crippen molar-refractivity contribution in [2.75, 3.05) is 0 Å². The van der Waals surface area contributed by atoms with Gasteiger partial charge in [0.25, 0.3) is 10.0 Å². The molecule has 1 unspecified atom stereocenters. The number of rotatable bonds is 6. The first-order chi connectivity index (χ1) is 14.5.